The zero-order valence-corrected chi connectivity index (χ0v) is 8.66. The Labute approximate surface area is 84.8 Å². The molecule has 3 nitrogen and oxygen atoms in total. The number of nitrogens with zero attached hydrogens (tertiary/aromatic N) is 1. The number of pyridine rings is 1. The summed E-state index contributed by atoms with van der Waals surface area (Å²) < 4.78 is 5.28. The van der Waals surface area contributed by atoms with E-state index in [2.05, 4.69) is 16.9 Å². The first-order chi connectivity index (χ1) is 6.76. The van der Waals surface area contributed by atoms with Crippen LogP contribution in [0.3, 0.4) is 0 Å². The number of rotatable bonds is 5. The highest BCUT2D eigenvalue weighted by Crippen LogP contribution is 2.12. The van der Waals surface area contributed by atoms with Crippen molar-refractivity contribution in [3.63, 3.8) is 0 Å². The summed E-state index contributed by atoms with van der Waals surface area (Å²) >= 11 is 0. The molecule has 3 heteroatoms. The minimum atomic E-state index is 0.208. The molecule has 0 bridgehead atoms. The summed E-state index contributed by atoms with van der Waals surface area (Å²) in [5.41, 5.74) is 0. The van der Waals surface area contributed by atoms with Crippen molar-refractivity contribution in [1.29, 1.82) is 0 Å². The van der Waals surface area contributed by atoms with Crippen LogP contribution < -0.4 is 10.1 Å². The highest BCUT2D eigenvalue weighted by Gasteiger charge is 1.99. The first-order valence-corrected chi connectivity index (χ1v) is 4.75. The van der Waals surface area contributed by atoms with Gasteiger partial charge in [-0.3, -0.25) is 0 Å². The SMILES string of the molecule is C=CC(C)Nc1cccc(OCC)n1. The van der Waals surface area contributed by atoms with E-state index >= 15 is 0 Å². The molecule has 1 rings (SSSR count). The number of hydrogen-bond donors (Lipinski definition) is 1. The fourth-order valence-electron chi connectivity index (χ4n) is 1.02. The lowest BCUT2D eigenvalue weighted by Gasteiger charge is -2.10. The van der Waals surface area contributed by atoms with Crippen molar-refractivity contribution < 1.29 is 4.74 Å². The van der Waals surface area contributed by atoms with Gasteiger partial charge in [0.2, 0.25) is 5.88 Å². The number of anilines is 1. The second-order valence-electron chi connectivity index (χ2n) is 2.96. The Kier molecular flexibility index (Phi) is 3.98. The van der Waals surface area contributed by atoms with Crippen LogP contribution >= 0.6 is 0 Å². The number of aromatic nitrogens is 1. The molecule has 0 aliphatic heterocycles. The lowest BCUT2D eigenvalue weighted by molar-refractivity contribution is 0.327. The Balaban J connectivity index is 2.67. The van der Waals surface area contributed by atoms with Gasteiger partial charge in [-0.2, -0.15) is 4.98 Å². The Hall–Kier alpha value is -1.51. The molecule has 0 fully saturated rings. The molecule has 0 aromatic carbocycles. The van der Waals surface area contributed by atoms with Crippen LogP contribution in [0.25, 0.3) is 0 Å². The standard InChI is InChI=1S/C11H16N2O/c1-4-9(3)12-10-7-6-8-11(13-10)14-5-2/h4,6-9H,1,5H2,2-3H3,(H,12,13). The quantitative estimate of drug-likeness (QED) is 0.728. The molecular weight excluding hydrogens is 176 g/mol. The predicted molar refractivity (Wildman–Crippen MR) is 58.7 cm³/mol. The van der Waals surface area contributed by atoms with Crippen molar-refractivity contribution in [3.05, 3.63) is 30.9 Å². The Bertz CT molecular complexity index is 299. The Morgan fingerprint density at radius 1 is 1.64 bits per heavy atom. The van der Waals surface area contributed by atoms with Crippen LogP contribution in [-0.2, 0) is 0 Å². The van der Waals surface area contributed by atoms with Crippen LogP contribution in [0.1, 0.15) is 13.8 Å². The van der Waals surface area contributed by atoms with E-state index in [1.54, 1.807) is 0 Å². The molecule has 0 amide bonds. The van der Waals surface area contributed by atoms with E-state index in [0.29, 0.717) is 12.5 Å². The highest BCUT2D eigenvalue weighted by molar-refractivity contribution is 5.38. The summed E-state index contributed by atoms with van der Waals surface area (Å²) in [4.78, 5) is 4.27. The van der Waals surface area contributed by atoms with Gasteiger partial charge in [0.25, 0.3) is 0 Å². The summed E-state index contributed by atoms with van der Waals surface area (Å²) in [5, 5.41) is 3.18. The highest BCUT2D eigenvalue weighted by atomic mass is 16.5. The van der Waals surface area contributed by atoms with E-state index in [-0.39, 0.29) is 6.04 Å². The third kappa shape index (κ3) is 3.09. The van der Waals surface area contributed by atoms with E-state index < -0.39 is 0 Å². The van der Waals surface area contributed by atoms with Gasteiger partial charge >= 0.3 is 0 Å². The van der Waals surface area contributed by atoms with E-state index in [4.69, 9.17) is 4.74 Å². The molecule has 0 aliphatic carbocycles. The summed E-state index contributed by atoms with van der Waals surface area (Å²) in [6, 6.07) is 5.87. The van der Waals surface area contributed by atoms with Gasteiger partial charge in [0, 0.05) is 12.1 Å². The molecule has 0 aliphatic rings. The molecule has 1 heterocycles. The van der Waals surface area contributed by atoms with E-state index in [1.807, 2.05) is 38.1 Å². The van der Waals surface area contributed by atoms with Crippen LogP contribution in [-0.4, -0.2) is 17.6 Å². The van der Waals surface area contributed by atoms with Crippen molar-refractivity contribution in [3.8, 4) is 5.88 Å². The van der Waals surface area contributed by atoms with Crippen LogP contribution in [0.2, 0.25) is 0 Å². The third-order valence-electron chi connectivity index (χ3n) is 1.74. The van der Waals surface area contributed by atoms with Gasteiger partial charge in [0.1, 0.15) is 5.82 Å². The molecule has 1 unspecified atom stereocenters. The van der Waals surface area contributed by atoms with Crippen LogP contribution in [0, 0.1) is 0 Å². The van der Waals surface area contributed by atoms with Crippen molar-refractivity contribution in [2.24, 2.45) is 0 Å². The van der Waals surface area contributed by atoms with Crippen LogP contribution in [0.5, 0.6) is 5.88 Å². The fourth-order valence-corrected chi connectivity index (χ4v) is 1.02. The molecular formula is C11H16N2O. The minimum Gasteiger partial charge on any atom is -0.478 e. The Morgan fingerprint density at radius 3 is 3.07 bits per heavy atom. The second-order valence-corrected chi connectivity index (χ2v) is 2.96. The summed E-state index contributed by atoms with van der Waals surface area (Å²) in [5.74, 6) is 1.46. The van der Waals surface area contributed by atoms with Gasteiger partial charge in [-0.25, -0.2) is 0 Å². The van der Waals surface area contributed by atoms with Crippen molar-refractivity contribution in [1.82, 2.24) is 4.98 Å². The maximum atomic E-state index is 5.28. The molecule has 1 N–H and O–H groups in total. The molecule has 76 valence electrons. The monoisotopic (exact) mass is 192 g/mol. The number of nitrogens with one attached hydrogen (secondary N) is 1. The van der Waals surface area contributed by atoms with Gasteiger partial charge in [-0.1, -0.05) is 12.1 Å². The van der Waals surface area contributed by atoms with Crippen LogP contribution in [0.4, 0.5) is 5.82 Å². The van der Waals surface area contributed by atoms with Gasteiger partial charge in [-0.05, 0) is 19.9 Å². The molecule has 0 saturated heterocycles. The van der Waals surface area contributed by atoms with Gasteiger partial charge < -0.3 is 10.1 Å². The molecule has 1 aromatic rings. The van der Waals surface area contributed by atoms with Crippen molar-refractivity contribution >= 4 is 5.82 Å². The first-order valence-electron chi connectivity index (χ1n) is 4.75. The Morgan fingerprint density at radius 2 is 2.43 bits per heavy atom. The zero-order chi connectivity index (χ0) is 10.4. The number of hydrogen-bond acceptors (Lipinski definition) is 3. The van der Waals surface area contributed by atoms with E-state index in [0.717, 1.165) is 5.82 Å². The van der Waals surface area contributed by atoms with Gasteiger partial charge in [-0.15, -0.1) is 6.58 Å². The summed E-state index contributed by atoms with van der Waals surface area (Å²) in [6.07, 6.45) is 1.83. The van der Waals surface area contributed by atoms with E-state index in [1.165, 1.54) is 0 Å². The largest absolute Gasteiger partial charge is 0.478 e. The smallest absolute Gasteiger partial charge is 0.215 e. The van der Waals surface area contributed by atoms with Gasteiger partial charge in [0.15, 0.2) is 0 Å². The molecule has 0 radical (unpaired) electrons. The van der Waals surface area contributed by atoms with E-state index in [9.17, 15) is 0 Å². The first kappa shape index (κ1) is 10.6. The number of ether oxygens (including phenoxy) is 1. The molecule has 0 spiro atoms. The maximum Gasteiger partial charge on any atom is 0.215 e. The maximum absolute atomic E-state index is 5.28. The third-order valence-corrected chi connectivity index (χ3v) is 1.74. The lowest BCUT2D eigenvalue weighted by Crippen LogP contribution is -2.12. The summed E-state index contributed by atoms with van der Waals surface area (Å²) in [7, 11) is 0. The molecule has 1 atom stereocenters. The average Bonchev–Trinajstić information content (AvgIpc) is 2.19. The predicted octanol–water partition coefficient (Wildman–Crippen LogP) is 2.47. The summed E-state index contributed by atoms with van der Waals surface area (Å²) in [6.45, 7) is 8.28. The second kappa shape index (κ2) is 5.27. The van der Waals surface area contributed by atoms with Crippen molar-refractivity contribution in [2.75, 3.05) is 11.9 Å². The average molecular weight is 192 g/mol. The van der Waals surface area contributed by atoms with Crippen molar-refractivity contribution in [2.45, 2.75) is 19.9 Å². The fraction of sp³-hybridized carbons (Fsp3) is 0.364. The molecule has 0 saturated carbocycles. The van der Waals surface area contributed by atoms with Gasteiger partial charge in [0.05, 0.1) is 6.61 Å². The molecule has 14 heavy (non-hydrogen) atoms. The zero-order valence-electron chi connectivity index (χ0n) is 8.66. The minimum absolute atomic E-state index is 0.208. The topological polar surface area (TPSA) is 34.1 Å². The normalized spacial score (nSPS) is 11.9. The lowest BCUT2D eigenvalue weighted by atomic mass is 10.3. The van der Waals surface area contributed by atoms with Crippen LogP contribution in [0.15, 0.2) is 30.9 Å². The molecule has 1 aromatic heterocycles.